The highest BCUT2D eigenvalue weighted by molar-refractivity contribution is 5.99. The van der Waals surface area contributed by atoms with Crippen molar-refractivity contribution in [2.75, 3.05) is 19.6 Å². The van der Waals surface area contributed by atoms with Crippen molar-refractivity contribution < 1.29 is 23.5 Å². The van der Waals surface area contributed by atoms with Gasteiger partial charge in [-0.1, -0.05) is 44.2 Å². The molecule has 0 aliphatic heterocycles. The number of carbonyl (C=O) groups is 2. The molecule has 1 unspecified atom stereocenters. The number of aryl methyl sites for hydroxylation is 1. The van der Waals surface area contributed by atoms with Crippen LogP contribution in [0.2, 0.25) is 0 Å². The number of hydrogen-bond acceptors (Lipinski definition) is 4. The average Bonchev–Trinajstić information content (AvgIpc) is 2.98. The molecule has 3 N–H and O–H groups in total. The number of benzene rings is 3. The number of nitrogens with one attached hydrogen (secondary N) is 2. The van der Waals surface area contributed by atoms with Crippen molar-refractivity contribution in [1.29, 1.82) is 0 Å². The summed E-state index contributed by atoms with van der Waals surface area (Å²) in [5.41, 5.74) is 3.47. The van der Waals surface area contributed by atoms with Gasteiger partial charge in [-0.25, -0.2) is 8.78 Å². The second kappa shape index (κ2) is 15.0. The smallest absolute Gasteiger partial charge is 0.253 e. The zero-order chi connectivity index (χ0) is 30.1. The van der Waals surface area contributed by atoms with Crippen LogP contribution in [0.25, 0.3) is 0 Å². The predicted molar refractivity (Wildman–Crippen MR) is 160 cm³/mol. The molecule has 6 nitrogen and oxygen atoms in total. The number of aliphatic hydroxyl groups is 1. The van der Waals surface area contributed by atoms with Crippen LogP contribution in [0.3, 0.4) is 0 Å². The Labute approximate surface area is 247 Å². The fourth-order valence-corrected chi connectivity index (χ4v) is 5.72. The molecule has 42 heavy (non-hydrogen) atoms. The van der Waals surface area contributed by atoms with Gasteiger partial charge in [-0.2, -0.15) is 0 Å². The second-order valence-electron chi connectivity index (χ2n) is 11.1. The Morgan fingerprint density at radius 3 is 2.36 bits per heavy atom. The zero-order valence-corrected chi connectivity index (χ0v) is 24.4. The van der Waals surface area contributed by atoms with Gasteiger partial charge in [0.25, 0.3) is 11.8 Å². The summed E-state index contributed by atoms with van der Waals surface area (Å²) >= 11 is 0. The maximum Gasteiger partial charge on any atom is 0.253 e. The lowest BCUT2D eigenvalue weighted by Crippen LogP contribution is -2.49. The second-order valence-corrected chi connectivity index (χ2v) is 11.1. The van der Waals surface area contributed by atoms with Gasteiger partial charge >= 0.3 is 0 Å². The van der Waals surface area contributed by atoms with Crippen LogP contribution in [0, 0.1) is 11.6 Å². The summed E-state index contributed by atoms with van der Waals surface area (Å²) in [5, 5.41) is 17.6. The highest BCUT2D eigenvalue weighted by Crippen LogP contribution is 2.29. The molecule has 0 saturated heterocycles. The first-order valence-corrected chi connectivity index (χ1v) is 14.9. The Balaban J connectivity index is 1.52. The molecular formula is C34H41F2N3O3. The van der Waals surface area contributed by atoms with Gasteiger partial charge < -0.3 is 20.6 Å². The summed E-state index contributed by atoms with van der Waals surface area (Å²) in [4.78, 5) is 28.3. The zero-order valence-electron chi connectivity index (χ0n) is 24.4. The van der Waals surface area contributed by atoms with Gasteiger partial charge in [0.1, 0.15) is 11.6 Å². The molecule has 0 spiro atoms. The molecule has 3 aromatic rings. The Bertz CT molecular complexity index is 1340. The highest BCUT2D eigenvalue weighted by Gasteiger charge is 2.26. The molecule has 1 aliphatic rings. The third-order valence-corrected chi connectivity index (χ3v) is 7.75. The van der Waals surface area contributed by atoms with E-state index in [1.54, 1.807) is 29.2 Å². The third kappa shape index (κ3) is 8.23. The van der Waals surface area contributed by atoms with Gasteiger partial charge in [0.2, 0.25) is 0 Å². The van der Waals surface area contributed by atoms with E-state index in [1.807, 2.05) is 26.0 Å². The molecule has 1 aliphatic carbocycles. The number of rotatable bonds is 13. The number of halogens is 2. The van der Waals surface area contributed by atoms with E-state index in [-0.39, 0.29) is 30.5 Å². The van der Waals surface area contributed by atoms with Crippen LogP contribution in [-0.2, 0) is 12.8 Å². The standard InChI is InChI=1S/C34H41F2N3O3/c1-3-15-39(16-4-2)34(42)26-12-7-11-25(20-26)33(41)38-31(19-23-17-27(35)21-28(36)18-23)32(40)22-37-30-14-8-10-24-9-5-6-13-29(24)30/h5-7,9,11-13,17-18,20-21,30-32,37,40H,3-4,8,10,14-16,19,22H2,1-2H3,(H,38,41)/t30?,31-,32+/m0/s1. The molecule has 2 amide bonds. The van der Waals surface area contributed by atoms with Crippen molar-refractivity contribution in [1.82, 2.24) is 15.5 Å². The van der Waals surface area contributed by atoms with E-state index in [1.165, 1.54) is 23.3 Å². The molecule has 3 atom stereocenters. The third-order valence-electron chi connectivity index (χ3n) is 7.75. The van der Waals surface area contributed by atoms with E-state index in [4.69, 9.17) is 0 Å². The molecule has 0 radical (unpaired) electrons. The number of aliphatic hydroxyl groups excluding tert-OH is 1. The Morgan fingerprint density at radius 2 is 1.64 bits per heavy atom. The number of amides is 2. The lowest BCUT2D eigenvalue weighted by atomic mass is 9.87. The first-order valence-electron chi connectivity index (χ1n) is 14.9. The summed E-state index contributed by atoms with van der Waals surface area (Å²) in [7, 11) is 0. The minimum atomic E-state index is -1.05. The SMILES string of the molecule is CCCN(CCC)C(=O)c1cccc(C(=O)N[C@@H](Cc2cc(F)cc(F)c2)[C@H](O)CNC2CCCc3ccccc32)c1. The largest absolute Gasteiger partial charge is 0.390 e. The van der Waals surface area contributed by atoms with Crippen LogP contribution in [0.4, 0.5) is 8.78 Å². The first-order chi connectivity index (χ1) is 20.3. The van der Waals surface area contributed by atoms with E-state index in [9.17, 15) is 23.5 Å². The van der Waals surface area contributed by atoms with Gasteiger partial charge in [-0.05, 0) is 85.5 Å². The van der Waals surface area contributed by atoms with Gasteiger partial charge in [0.15, 0.2) is 0 Å². The van der Waals surface area contributed by atoms with Crippen molar-refractivity contribution in [3.63, 3.8) is 0 Å². The van der Waals surface area contributed by atoms with E-state index >= 15 is 0 Å². The van der Waals surface area contributed by atoms with Crippen LogP contribution in [0.5, 0.6) is 0 Å². The van der Waals surface area contributed by atoms with Gasteiger partial charge in [0, 0.05) is 42.9 Å². The van der Waals surface area contributed by atoms with E-state index in [0.717, 1.165) is 38.2 Å². The molecule has 0 saturated carbocycles. The maximum atomic E-state index is 14.0. The van der Waals surface area contributed by atoms with Crippen LogP contribution < -0.4 is 10.6 Å². The molecule has 0 fully saturated rings. The summed E-state index contributed by atoms with van der Waals surface area (Å²) in [6.07, 6.45) is 3.57. The van der Waals surface area contributed by atoms with Crippen molar-refractivity contribution in [2.45, 2.75) is 70.6 Å². The van der Waals surface area contributed by atoms with Crippen molar-refractivity contribution in [2.24, 2.45) is 0 Å². The lowest BCUT2D eigenvalue weighted by Gasteiger charge is -2.30. The van der Waals surface area contributed by atoms with Crippen LogP contribution in [0.1, 0.15) is 83.0 Å². The topological polar surface area (TPSA) is 81.7 Å². The molecular weight excluding hydrogens is 536 g/mol. The summed E-state index contributed by atoms with van der Waals surface area (Å²) in [5.74, 6) is -2.07. The highest BCUT2D eigenvalue weighted by atomic mass is 19.1. The monoisotopic (exact) mass is 577 g/mol. The normalized spacial score (nSPS) is 15.9. The predicted octanol–water partition coefficient (Wildman–Crippen LogP) is 5.60. The Kier molecular flexibility index (Phi) is 11.2. The number of nitrogens with zero attached hydrogens (tertiary/aromatic N) is 1. The fourth-order valence-electron chi connectivity index (χ4n) is 5.72. The first kappa shape index (κ1) is 31.3. The minimum Gasteiger partial charge on any atom is -0.390 e. The van der Waals surface area contributed by atoms with E-state index in [0.29, 0.717) is 24.2 Å². The van der Waals surface area contributed by atoms with E-state index < -0.39 is 29.7 Å². The number of carbonyl (C=O) groups excluding carboxylic acids is 2. The van der Waals surface area contributed by atoms with Gasteiger partial charge in [0.05, 0.1) is 12.1 Å². The number of fused-ring (bicyclic) bond motifs is 1. The molecule has 3 aromatic carbocycles. The van der Waals surface area contributed by atoms with Crippen molar-refractivity contribution in [3.05, 3.63) is 106 Å². The summed E-state index contributed by atoms with van der Waals surface area (Å²) < 4.78 is 28.0. The minimum absolute atomic E-state index is 0.0178. The Morgan fingerprint density at radius 1 is 0.952 bits per heavy atom. The Hall–Kier alpha value is -3.62. The summed E-state index contributed by atoms with van der Waals surface area (Å²) in [6.45, 7) is 5.44. The number of hydrogen-bond donors (Lipinski definition) is 3. The van der Waals surface area contributed by atoms with Gasteiger partial charge in [-0.3, -0.25) is 9.59 Å². The van der Waals surface area contributed by atoms with E-state index in [2.05, 4.69) is 22.8 Å². The molecule has 224 valence electrons. The van der Waals surface area contributed by atoms with Crippen molar-refractivity contribution in [3.8, 4) is 0 Å². The molecule has 8 heteroatoms. The van der Waals surface area contributed by atoms with Gasteiger partial charge in [-0.15, -0.1) is 0 Å². The van der Waals surface area contributed by atoms with Crippen LogP contribution >= 0.6 is 0 Å². The lowest BCUT2D eigenvalue weighted by molar-refractivity contribution is 0.0755. The summed E-state index contributed by atoms with van der Waals surface area (Å²) in [6, 6.07) is 17.1. The van der Waals surface area contributed by atoms with Crippen LogP contribution in [-0.4, -0.2) is 53.6 Å². The maximum absolute atomic E-state index is 14.0. The van der Waals surface area contributed by atoms with Crippen molar-refractivity contribution >= 4 is 11.8 Å². The molecule has 0 aromatic heterocycles. The fraction of sp³-hybridized carbons (Fsp3) is 0.412. The average molecular weight is 578 g/mol. The molecule has 0 heterocycles. The van der Waals surface area contributed by atoms with Crippen LogP contribution in [0.15, 0.2) is 66.7 Å². The molecule has 0 bridgehead atoms. The quantitative estimate of drug-likeness (QED) is 0.247. The molecule has 4 rings (SSSR count).